The van der Waals surface area contributed by atoms with Gasteiger partial charge in [-0.2, -0.15) is 0 Å². The van der Waals surface area contributed by atoms with Gasteiger partial charge in [-0.1, -0.05) is 18.2 Å². The third-order valence-corrected chi connectivity index (χ3v) is 4.91. The van der Waals surface area contributed by atoms with Gasteiger partial charge in [-0.3, -0.25) is 4.79 Å². The first-order valence-electron chi connectivity index (χ1n) is 7.56. The van der Waals surface area contributed by atoms with Gasteiger partial charge in [-0.25, -0.2) is 4.39 Å². The molecule has 1 aromatic carbocycles. The topological polar surface area (TPSA) is 20.3 Å². The summed E-state index contributed by atoms with van der Waals surface area (Å²) in [5, 5.41) is 0. The summed E-state index contributed by atoms with van der Waals surface area (Å²) < 4.78 is 13.8. The number of amides is 1. The van der Waals surface area contributed by atoms with Crippen LogP contribution in [0.2, 0.25) is 0 Å². The van der Waals surface area contributed by atoms with E-state index in [9.17, 15) is 9.18 Å². The molecule has 2 aromatic rings. The molecule has 2 nitrogen and oxygen atoms in total. The molecule has 1 aliphatic heterocycles. The quantitative estimate of drug-likeness (QED) is 0.759. The minimum absolute atomic E-state index is 0.0699. The van der Waals surface area contributed by atoms with Crippen LogP contribution in [0.25, 0.3) is 16.5 Å². The Morgan fingerprint density at radius 3 is 2.64 bits per heavy atom. The van der Waals surface area contributed by atoms with Crippen molar-refractivity contribution in [3.63, 3.8) is 0 Å². The predicted molar refractivity (Wildman–Crippen MR) is 89.2 cm³/mol. The number of benzene rings is 1. The van der Waals surface area contributed by atoms with E-state index in [4.69, 9.17) is 0 Å². The lowest BCUT2D eigenvalue weighted by atomic mass is 10.1. The van der Waals surface area contributed by atoms with E-state index < -0.39 is 0 Å². The highest BCUT2D eigenvalue weighted by Gasteiger charge is 2.13. The summed E-state index contributed by atoms with van der Waals surface area (Å²) in [7, 11) is 0. The van der Waals surface area contributed by atoms with Crippen molar-refractivity contribution in [2.45, 2.75) is 19.3 Å². The van der Waals surface area contributed by atoms with Crippen LogP contribution in [0, 0.1) is 5.82 Å². The number of nitrogens with zero attached hydrogens (tertiary/aromatic N) is 1. The normalized spacial score (nSPS) is 15.4. The molecule has 0 unspecified atom stereocenters. The number of likely N-dealkylation sites (tertiary alicyclic amines) is 1. The Hall–Kier alpha value is -1.94. The Morgan fingerprint density at radius 1 is 1.09 bits per heavy atom. The van der Waals surface area contributed by atoms with Crippen LogP contribution in [0.1, 0.15) is 24.1 Å². The first kappa shape index (κ1) is 15.0. The Labute approximate surface area is 133 Å². The van der Waals surface area contributed by atoms with Gasteiger partial charge in [0.25, 0.3) is 0 Å². The predicted octanol–water partition coefficient (Wildman–Crippen LogP) is 4.58. The van der Waals surface area contributed by atoms with Crippen LogP contribution in [0.4, 0.5) is 4.39 Å². The van der Waals surface area contributed by atoms with Crippen LogP contribution in [0.15, 0.2) is 42.5 Å². The molecule has 2 heterocycles. The van der Waals surface area contributed by atoms with E-state index >= 15 is 0 Å². The number of thiophene rings is 1. The van der Waals surface area contributed by atoms with Crippen molar-refractivity contribution in [2.75, 3.05) is 13.1 Å². The van der Waals surface area contributed by atoms with Gasteiger partial charge in [0.15, 0.2) is 0 Å². The average molecular weight is 315 g/mol. The Kier molecular flexibility index (Phi) is 4.68. The summed E-state index contributed by atoms with van der Waals surface area (Å²) in [5.41, 5.74) is 0.606. The summed E-state index contributed by atoms with van der Waals surface area (Å²) >= 11 is 1.49. The Bertz CT molecular complexity index is 686. The highest BCUT2D eigenvalue weighted by Crippen LogP contribution is 2.30. The molecule has 4 heteroatoms. The van der Waals surface area contributed by atoms with Crippen LogP contribution >= 0.6 is 11.3 Å². The molecule has 1 aliphatic rings. The first-order chi connectivity index (χ1) is 10.7. The number of halogens is 1. The van der Waals surface area contributed by atoms with E-state index in [1.165, 1.54) is 23.8 Å². The molecule has 0 aliphatic carbocycles. The molecule has 114 valence electrons. The summed E-state index contributed by atoms with van der Waals surface area (Å²) in [6.45, 7) is 1.71. The highest BCUT2D eigenvalue weighted by atomic mass is 32.1. The molecule has 1 aromatic heterocycles. The van der Waals surface area contributed by atoms with E-state index in [0.29, 0.717) is 5.56 Å². The smallest absolute Gasteiger partial charge is 0.246 e. The zero-order valence-electron chi connectivity index (χ0n) is 12.3. The lowest BCUT2D eigenvalue weighted by Crippen LogP contribution is -2.34. The minimum Gasteiger partial charge on any atom is -0.339 e. The number of carbonyl (C=O) groups is 1. The van der Waals surface area contributed by atoms with Crippen molar-refractivity contribution in [1.82, 2.24) is 4.90 Å². The molecule has 3 rings (SSSR count). The Morgan fingerprint density at radius 2 is 1.86 bits per heavy atom. The lowest BCUT2D eigenvalue weighted by Gasteiger charge is -2.25. The average Bonchev–Trinajstić information content (AvgIpc) is 3.02. The van der Waals surface area contributed by atoms with Crippen molar-refractivity contribution in [2.24, 2.45) is 0 Å². The van der Waals surface area contributed by atoms with Gasteiger partial charge in [0.1, 0.15) is 5.82 Å². The number of carbonyl (C=O) groups excluding carboxylic acids is 1. The molecular formula is C18H18FNOS. The van der Waals surface area contributed by atoms with Gasteiger partial charge in [0.2, 0.25) is 5.91 Å². The van der Waals surface area contributed by atoms with Crippen molar-refractivity contribution in [3.05, 3.63) is 53.2 Å². The SMILES string of the molecule is O=C(C=Cc1ccc(-c2ccccc2F)s1)N1CCCCC1. The Balaban J connectivity index is 1.70. The minimum atomic E-state index is -0.218. The van der Waals surface area contributed by atoms with Crippen LogP contribution in [-0.2, 0) is 4.79 Å². The maximum Gasteiger partial charge on any atom is 0.246 e. The molecule has 0 N–H and O–H groups in total. The molecule has 0 radical (unpaired) electrons. The monoisotopic (exact) mass is 315 g/mol. The summed E-state index contributed by atoms with van der Waals surface area (Å²) in [5.74, 6) is -0.148. The molecule has 22 heavy (non-hydrogen) atoms. The number of hydrogen-bond acceptors (Lipinski definition) is 2. The highest BCUT2D eigenvalue weighted by molar-refractivity contribution is 7.16. The van der Waals surface area contributed by atoms with Gasteiger partial charge >= 0.3 is 0 Å². The van der Waals surface area contributed by atoms with Crippen molar-refractivity contribution >= 4 is 23.3 Å². The van der Waals surface area contributed by atoms with Gasteiger partial charge < -0.3 is 4.90 Å². The van der Waals surface area contributed by atoms with Crippen LogP contribution in [0.3, 0.4) is 0 Å². The third kappa shape index (κ3) is 3.45. The fourth-order valence-electron chi connectivity index (χ4n) is 2.62. The molecule has 1 amide bonds. The van der Waals surface area contributed by atoms with E-state index in [0.717, 1.165) is 35.7 Å². The number of piperidine rings is 1. The summed E-state index contributed by atoms with van der Waals surface area (Å²) in [4.78, 5) is 15.8. The van der Waals surface area contributed by atoms with E-state index in [1.807, 2.05) is 29.2 Å². The van der Waals surface area contributed by atoms with Gasteiger partial charge in [-0.05, 0) is 43.5 Å². The molecule has 0 bridgehead atoms. The second-order valence-electron chi connectivity index (χ2n) is 5.40. The molecule has 0 atom stereocenters. The van der Waals surface area contributed by atoms with Gasteiger partial charge in [0, 0.05) is 34.5 Å². The van der Waals surface area contributed by atoms with Gasteiger partial charge in [0.05, 0.1) is 0 Å². The van der Waals surface area contributed by atoms with E-state index in [1.54, 1.807) is 18.2 Å². The van der Waals surface area contributed by atoms with E-state index in [-0.39, 0.29) is 11.7 Å². The fourth-order valence-corrected chi connectivity index (χ4v) is 3.56. The van der Waals surface area contributed by atoms with E-state index in [2.05, 4.69) is 0 Å². The number of rotatable bonds is 3. The maximum atomic E-state index is 13.8. The maximum absolute atomic E-state index is 13.8. The molecular weight excluding hydrogens is 297 g/mol. The molecule has 1 fully saturated rings. The third-order valence-electron chi connectivity index (χ3n) is 3.82. The van der Waals surface area contributed by atoms with Crippen molar-refractivity contribution < 1.29 is 9.18 Å². The van der Waals surface area contributed by atoms with Crippen LogP contribution in [0.5, 0.6) is 0 Å². The largest absolute Gasteiger partial charge is 0.339 e. The lowest BCUT2D eigenvalue weighted by molar-refractivity contribution is -0.126. The van der Waals surface area contributed by atoms with Gasteiger partial charge in [-0.15, -0.1) is 11.3 Å². The second kappa shape index (κ2) is 6.88. The summed E-state index contributed by atoms with van der Waals surface area (Å²) in [6.07, 6.45) is 6.85. The van der Waals surface area contributed by atoms with Crippen molar-refractivity contribution in [1.29, 1.82) is 0 Å². The summed E-state index contributed by atoms with van der Waals surface area (Å²) in [6, 6.07) is 10.6. The molecule has 0 saturated carbocycles. The standard InChI is InChI=1S/C18H18FNOS/c19-16-7-3-2-6-15(16)17-10-8-14(22-17)9-11-18(21)20-12-4-1-5-13-20/h2-3,6-11H,1,4-5,12-13H2. The molecule has 0 spiro atoms. The second-order valence-corrected chi connectivity index (χ2v) is 6.52. The zero-order chi connectivity index (χ0) is 15.4. The first-order valence-corrected chi connectivity index (χ1v) is 8.37. The molecule has 1 saturated heterocycles. The zero-order valence-corrected chi connectivity index (χ0v) is 13.1. The van der Waals surface area contributed by atoms with Crippen molar-refractivity contribution in [3.8, 4) is 10.4 Å². The fraction of sp³-hybridized carbons (Fsp3) is 0.278. The van der Waals surface area contributed by atoms with Crippen LogP contribution < -0.4 is 0 Å². The number of hydrogen-bond donors (Lipinski definition) is 0. The van der Waals surface area contributed by atoms with Crippen LogP contribution in [-0.4, -0.2) is 23.9 Å².